The van der Waals surface area contributed by atoms with Crippen molar-refractivity contribution in [1.82, 2.24) is 19.5 Å². The molecule has 4 atom stereocenters. The van der Waals surface area contributed by atoms with E-state index in [0.717, 1.165) is 0 Å². The Hall–Kier alpha value is -2.50. The summed E-state index contributed by atoms with van der Waals surface area (Å²) in [5.41, 5.74) is 0.594. The van der Waals surface area contributed by atoms with Crippen LogP contribution in [-0.4, -0.2) is 62.3 Å². The zero-order valence-corrected chi connectivity index (χ0v) is 17.7. The fourth-order valence-corrected chi connectivity index (χ4v) is 3.58. The molecule has 0 bridgehead atoms. The molecule has 30 heavy (non-hydrogen) atoms. The van der Waals surface area contributed by atoms with Crippen molar-refractivity contribution in [3.8, 4) is 0 Å². The Labute approximate surface area is 180 Å². The Morgan fingerprint density at radius 1 is 1.13 bits per heavy atom. The van der Waals surface area contributed by atoms with Gasteiger partial charge in [0.15, 0.2) is 16.9 Å². The summed E-state index contributed by atoms with van der Waals surface area (Å²) in [6.07, 6.45) is -2.04. The van der Waals surface area contributed by atoms with Gasteiger partial charge in [0.2, 0.25) is 5.28 Å². The van der Waals surface area contributed by atoms with Gasteiger partial charge in [-0.05, 0) is 11.6 Å². The van der Waals surface area contributed by atoms with Crippen molar-refractivity contribution in [2.45, 2.75) is 51.7 Å². The van der Waals surface area contributed by atoms with Gasteiger partial charge in [0.25, 0.3) is 0 Å². The fraction of sp³-hybridized carbons (Fsp3) is 0.529. The summed E-state index contributed by atoms with van der Waals surface area (Å²) < 4.78 is 23.3. The molecule has 0 amide bonds. The standard InChI is InChI=1S/C17H18Cl2N4O7/c1-7(24)27-5-11-14(29-9(3)26)10(28-8(2)25)4-12(30-11)23-6-20-13-15(18)21-17(19)22-16(13)23/h6,10-12,14H,4-5H2,1-3H3/t10-,11-,12+,14+/m1/s1. The van der Waals surface area contributed by atoms with Gasteiger partial charge >= 0.3 is 17.9 Å². The third-order valence-corrected chi connectivity index (χ3v) is 4.66. The molecule has 3 heterocycles. The van der Waals surface area contributed by atoms with Gasteiger partial charge < -0.3 is 18.9 Å². The average molecular weight is 461 g/mol. The topological polar surface area (TPSA) is 132 Å². The molecular formula is C17H18Cl2N4O7. The van der Waals surface area contributed by atoms with Gasteiger partial charge in [-0.15, -0.1) is 0 Å². The largest absolute Gasteiger partial charge is 0.463 e. The zero-order chi connectivity index (χ0) is 22.0. The van der Waals surface area contributed by atoms with Crippen LogP contribution in [0.1, 0.15) is 33.4 Å². The molecule has 2 aromatic rings. The molecule has 1 saturated heterocycles. The Morgan fingerprint density at radius 2 is 1.83 bits per heavy atom. The number of aromatic nitrogens is 4. The van der Waals surface area contributed by atoms with E-state index in [0.29, 0.717) is 11.2 Å². The molecule has 11 nitrogen and oxygen atoms in total. The van der Waals surface area contributed by atoms with Crippen LogP contribution in [-0.2, 0) is 33.3 Å². The highest BCUT2D eigenvalue weighted by Crippen LogP contribution is 2.34. The quantitative estimate of drug-likeness (QED) is 0.281. The molecular weight excluding hydrogens is 443 g/mol. The van der Waals surface area contributed by atoms with E-state index in [4.69, 9.17) is 42.1 Å². The Bertz CT molecular complexity index is 982. The first kappa shape index (κ1) is 22.2. The molecule has 3 rings (SSSR count). The third kappa shape index (κ3) is 4.97. The monoisotopic (exact) mass is 460 g/mol. The number of rotatable bonds is 5. The normalized spacial score (nSPS) is 23.8. The van der Waals surface area contributed by atoms with Crippen molar-refractivity contribution in [2.24, 2.45) is 0 Å². The molecule has 0 aromatic carbocycles. The summed E-state index contributed by atoms with van der Waals surface area (Å²) in [6, 6.07) is 0. The lowest BCUT2D eigenvalue weighted by molar-refractivity contribution is -0.226. The lowest BCUT2D eigenvalue weighted by Crippen LogP contribution is -2.52. The molecule has 0 spiro atoms. The Kier molecular flexibility index (Phi) is 6.74. The highest BCUT2D eigenvalue weighted by Gasteiger charge is 2.44. The molecule has 0 radical (unpaired) electrons. The van der Waals surface area contributed by atoms with Crippen LogP contribution in [0.15, 0.2) is 6.33 Å². The minimum atomic E-state index is -0.987. The number of esters is 3. The van der Waals surface area contributed by atoms with Gasteiger partial charge in [0, 0.05) is 27.2 Å². The number of nitrogens with zero attached hydrogens (tertiary/aromatic N) is 4. The molecule has 13 heteroatoms. The van der Waals surface area contributed by atoms with E-state index in [-0.39, 0.29) is 23.5 Å². The first-order valence-electron chi connectivity index (χ1n) is 8.84. The SMILES string of the molecule is CC(=O)OC[C@H]1O[C@H](n2cnc3c(Cl)nc(Cl)nc32)C[C@@H](OC(C)=O)[C@@H]1OC(C)=O. The molecule has 2 aromatic heterocycles. The smallest absolute Gasteiger partial charge is 0.303 e. The average Bonchev–Trinajstić information content (AvgIpc) is 3.05. The van der Waals surface area contributed by atoms with Crippen LogP contribution in [0.5, 0.6) is 0 Å². The highest BCUT2D eigenvalue weighted by molar-refractivity contribution is 6.35. The molecule has 1 aliphatic heterocycles. The third-order valence-electron chi connectivity index (χ3n) is 4.23. The number of carbonyl (C=O) groups is 3. The van der Waals surface area contributed by atoms with Gasteiger partial charge in [-0.1, -0.05) is 11.6 Å². The molecule has 0 saturated carbocycles. The van der Waals surface area contributed by atoms with Gasteiger partial charge in [0.05, 0.1) is 6.33 Å². The number of imidazole rings is 1. The van der Waals surface area contributed by atoms with Crippen molar-refractivity contribution in [1.29, 1.82) is 0 Å². The van der Waals surface area contributed by atoms with Gasteiger partial charge in [-0.3, -0.25) is 19.0 Å². The summed E-state index contributed by atoms with van der Waals surface area (Å²) in [4.78, 5) is 46.7. The Morgan fingerprint density at radius 3 is 2.47 bits per heavy atom. The van der Waals surface area contributed by atoms with Crippen molar-refractivity contribution < 1.29 is 33.3 Å². The lowest BCUT2D eigenvalue weighted by Gasteiger charge is -2.40. The van der Waals surface area contributed by atoms with Crippen LogP contribution in [0.3, 0.4) is 0 Å². The first-order chi connectivity index (χ1) is 14.2. The van der Waals surface area contributed by atoms with E-state index in [1.165, 1.54) is 31.7 Å². The van der Waals surface area contributed by atoms with E-state index in [2.05, 4.69) is 15.0 Å². The van der Waals surface area contributed by atoms with E-state index in [1.54, 1.807) is 0 Å². The predicted octanol–water partition coefficient (Wildman–Crippen LogP) is 1.85. The van der Waals surface area contributed by atoms with E-state index >= 15 is 0 Å². The maximum Gasteiger partial charge on any atom is 0.303 e. The van der Waals surface area contributed by atoms with Crippen molar-refractivity contribution in [3.05, 3.63) is 16.8 Å². The van der Waals surface area contributed by atoms with Gasteiger partial charge in [-0.2, -0.15) is 4.98 Å². The number of carbonyl (C=O) groups excluding carboxylic acids is 3. The summed E-state index contributed by atoms with van der Waals surface area (Å²) in [6.45, 7) is 3.44. The number of halogens is 2. The Balaban J connectivity index is 1.98. The minimum absolute atomic E-state index is 0.0605. The predicted molar refractivity (Wildman–Crippen MR) is 102 cm³/mol. The van der Waals surface area contributed by atoms with Crippen molar-refractivity contribution in [3.63, 3.8) is 0 Å². The second-order valence-corrected chi connectivity index (χ2v) is 7.19. The zero-order valence-electron chi connectivity index (χ0n) is 16.2. The maximum atomic E-state index is 11.6. The lowest BCUT2D eigenvalue weighted by atomic mass is 10.00. The summed E-state index contributed by atoms with van der Waals surface area (Å²) in [7, 11) is 0. The van der Waals surface area contributed by atoms with Crippen LogP contribution in [0, 0.1) is 0 Å². The van der Waals surface area contributed by atoms with E-state index in [9.17, 15) is 14.4 Å². The summed E-state index contributed by atoms with van der Waals surface area (Å²) in [5, 5.41) is -0.0267. The van der Waals surface area contributed by atoms with Gasteiger partial charge in [-0.25, -0.2) is 9.97 Å². The number of hydrogen-bond donors (Lipinski definition) is 0. The van der Waals surface area contributed by atoms with Gasteiger partial charge in [0.1, 0.15) is 30.6 Å². The second kappa shape index (κ2) is 9.11. The molecule has 162 valence electrons. The van der Waals surface area contributed by atoms with Crippen LogP contribution >= 0.6 is 23.2 Å². The summed E-state index contributed by atoms with van der Waals surface area (Å²) in [5.74, 6) is -1.73. The molecule has 1 aliphatic rings. The molecule has 0 unspecified atom stereocenters. The number of hydrogen-bond acceptors (Lipinski definition) is 10. The number of ether oxygens (including phenoxy) is 4. The molecule has 1 fully saturated rings. The van der Waals surface area contributed by atoms with Crippen LogP contribution in [0.2, 0.25) is 10.4 Å². The first-order valence-corrected chi connectivity index (χ1v) is 9.60. The summed E-state index contributed by atoms with van der Waals surface area (Å²) >= 11 is 12.0. The fourth-order valence-electron chi connectivity index (χ4n) is 3.16. The van der Waals surface area contributed by atoms with Crippen molar-refractivity contribution in [2.75, 3.05) is 6.61 Å². The minimum Gasteiger partial charge on any atom is -0.463 e. The van der Waals surface area contributed by atoms with Crippen LogP contribution in [0.25, 0.3) is 11.2 Å². The highest BCUT2D eigenvalue weighted by atomic mass is 35.5. The number of fused-ring (bicyclic) bond motifs is 1. The van der Waals surface area contributed by atoms with E-state index in [1.807, 2.05) is 0 Å². The van der Waals surface area contributed by atoms with E-state index < -0.39 is 42.4 Å². The van der Waals surface area contributed by atoms with Crippen molar-refractivity contribution >= 4 is 52.3 Å². The van der Waals surface area contributed by atoms with Crippen LogP contribution in [0.4, 0.5) is 0 Å². The molecule has 0 N–H and O–H groups in total. The maximum absolute atomic E-state index is 11.6. The molecule has 0 aliphatic carbocycles. The van der Waals surface area contributed by atoms with Crippen LogP contribution < -0.4 is 0 Å². The second-order valence-electron chi connectivity index (χ2n) is 6.50.